The van der Waals surface area contributed by atoms with Gasteiger partial charge in [0.15, 0.2) is 6.61 Å². The number of nitrogens with zero attached hydrogens (tertiary/aromatic N) is 1. The summed E-state index contributed by atoms with van der Waals surface area (Å²) >= 11 is 0. The topological polar surface area (TPSA) is 111 Å². The largest absolute Gasteiger partial charge is 0.484 e. The second-order valence-corrected chi connectivity index (χ2v) is 6.99. The molecule has 1 fully saturated rings. The first-order chi connectivity index (χ1) is 13.9. The number of nitrogens with one attached hydrogen (secondary N) is 2. The highest BCUT2D eigenvalue weighted by molar-refractivity contribution is 5.96. The predicted octanol–water partition coefficient (Wildman–Crippen LogP) is 2.53. The van der Waals surface area contributed by atoms with Crippen LogP contribution in [0.2, 0.25) is 0 Å². The van der Waals surface area contributed by atoms with Crippen molar-refractivity contribution in [2.45, 2.75) is 32.2 Å². The lowest BCUT2D eigenvalue weighted by atomic mass is 10.1. The molecule has 152 valence electrons. The quantitative estimate of drug-likeness (QED) is 0.499. The van der Waals surface area contributed by atoms with Gasteiger partial charge in [0.1, 0.15) is 5.75 Å². The highest BCUT2D eigenvalue weighted by Gasteiger charge is 2.23. The number of carbonyl (C=O) groups excluding carboxylic acids is 2. The van der Waals surface area contributed by atoms with Crippen LogP contribution in [0.4, 0.5) is 5.69 Å². The van der Waals surface area contributed by atoms with E-state index in [1.165, 1.54) is 12.1 Å². The van der Waals surface area contributed by atoms with Gasteiger partial charge in [0.25, 0.3) is 17.5 Å². The summed E-state index contributed by atoms with van der Waals surface area (Å²) in [6.45, 7) is 1.95. The number of carbonyl (C=O) groups is 2. The van der Waals surface area contributed by atoms with E-state index < -0.39 is 4.92 Å². The molecule has 29 heavy (non-hydrogen) atoms. The van der Waals surface area contributed by atoms with E-state index in [2.05, 4.69) is 10.6 Å². The average molecular weight is 397 g/mol. The van der Waals surface area contributed by atoms with E-state index in [0.717, 1.165) is 18.4 Å². The summed E-state index contributed by atoms with van der Waals surface area (Å²) in [5.41, 5.74) is 1.57. The molecule has 0 radical (unpaired) electrons. The molecule has 0 aliphatic heterocycles. The van der Waals surface area contributed by atoms with Gasteiger partial charge in [0.2, 0.25) is 0 Å². The molecule has 2 amide bonds. The van der Waals surface area contributed by atoms with Crippen LogP contribution in [-0.2, 0) is 11.2 Å². The van der Waals surface area contributed by atoms with Crippen molar-refractivity contribution in [1.29, 1.82) is 0 Å². The van der Waals surface area contributed by atoms with Gasteiger partial charge in [-0.25, -0.2) is 0 Å². The highest BCUT2D eigenvalue weighted by atomic mass is 16.6. The molecule has 1 aliphatic carbocycles. The van der Waals surface area contributed by atoms with E-state index in [1.807, 2.05) is 12.1 Å². The SMILES string of the molecule is Cc1c(C(=O)NCCc2ccc(OCC(=O)NC3CC3)cc2)cccc1[N+](=O)[O-]. The fraction of sp³-hybridized carbons (Fsp3) is 0.333. The summed E-state index contributed by atoms with van der Waals surface area (Å²) in [6, 6.07) is 12.1. The van der Waals surface area contributed by atoms with Crippen molar-refractivity contribution in [3.05, 3.63) is 69.3 Å². The van der Waals surface area contributed by atoms with Crippen LogP contribution in [0, 0.1) is 17.0 Å². The summed E-state index contributed by atoms with van der Waals surface area (Å²) in [6.07, 6.45) is 2.68. The first-order valence-corrected chi connectivity index (χ1v) is 9.47. The Morgan fingerprint density at radius 3 is 2.55 bits per heavy atom. The van der Waals surface area contributed by atoms with Gasteiger partial charge in [-0.1, -0.05) is 18.2 Å². The fourth-order valence-electron chi connectivity index (χ4n) is 2.88. The first-order valence-electron chi connectivity index (χ1n) is 9.47. The predicted molar refractivity (Wildman–Crippen MR) is 107 cm³/mol. The number of ether oxygens (including phenoxy) is 1. The fourth-order valence-corrected chi connectivity index (χ4v) is 2.88. The Morgan fingerprint density at radius 1 is 1.17 bits per heavy atom. The Morgan fingerprint density at radius 2 is 1.90 bits per heavy atom. The number of nitro benzene ring substituents is 1. The highest BCUT2D eigenvalue weighted by Crippen LogP contribution is 2.21. The van der Waals surface area contributed by atoms with E-state index >= 15 is 0 Å². The molecule has 1 aliphatic rings. The summed E-state index contributed by atoms with van der Waals surface area (Å²) in [4.78, 5) is 34.5. The Bertz CT molecular complexity index is 907. The van der Waals surface area contributed by atoms with Crippen molar-refractivity contribution in [3.63, 3.8) is 0 Å². The molecule has 8 heteroatoms. The normalized spacial score (nSPS) is 12.9. The van der Waals surface area contributed by atoms with Crippen molar-refractivity contribution >= 4 is 17.5 Å². The van der Waals surface area contributed by atoms with Gasteiger partial charge < -0.3 is 15.4 Å². The van der Waals surface area contributed by atoms with Crippen LogP contribution in [-0.4, -0.2) is 35.9 Å². The van der Waals surface area contributed by atoms with Crippen LogP contribution in [0.3, 0.4) is 0 Å². The van der Waals surface area contributed by atoms with Crippen LogP contribution < -0.4 is 15.4 Å². The Labute approximate surface area is 168 Å². The minimum Gasteiger partial charge on any atom is -0.484 e. The molecule has 0 aromatic heterocycles. The average Bonchev–Trinajstić information content (AvgIpc) is 3.51. The molecular weight excluding hydrogens is 374 g/mol. The maximum atomic E-state index is 12.3. The molecule has 2 aromatic rings. The molecule has 0 saturated heterocycles. The van der Waals surface area contributed by atoms with Crippen LogP contribution in [0.1, 0.15) is 34.3 Å². The molecule has 2 aromatic carbocycles. The number of hydrogen-bond acceptors (Lipinski definition) is 5. The zero-order valence-electron chi connectivity index (χ0n) is 16.1. The lowest BCUT2D eigenvalue weighted by Gasteiger charge is -2.09. The Hall–Kier alpha value is -3.42. The van der Waals surface area contributed by atoms with Crippen molar-refractivity contribution in [2.24, 2.45) is 0 Å². The van der Waals surface area contributed by atoms with Crippen molar-refractivity contribution in [3.8, 4) is 5.75 Å². The molecule has 0 unspecified atom stereocenters. The second kappa shape index (κ2) is 9.18. The van der Waals surface area contributed by atoms with E-state index in [-0.39, 0.29) is 24.1 Å². The van der Waals surface area contributed by atoms with Gasteiger partial charge in [-0.15, -0.1) is 0 Å². The van der Waals surface area contributed by atoms with Crippen LogP contribution >= 0.6 is 0 Å². The maximum absolute atomic E-state index is 12.3. The molecule has 0 spiro atoms. The zero-order valence-corrected chi connectivity index (χ0v) is 16.1. The van der Waals surface area contributed by atoms with Crippen molar-refractivity contribution in [1.82, 2.24) is 10.6 Å². The summed E-state index contributed by atoms with van der Waals surface area (Å²) in [7, 11) is 0. The minimum atomic E-state index is -0.495. The number of amides is 2. The lowest BCUT2D eigenvalue weighted by Crippen LogP contribution is -2.30. The third kappa shape index (κ3) is 5.78. The summed E-state index contributed by atoms with van der Waals surface area (Å²) < 4.78 is 5.46. The van der Waals surface area contributed by atoms with Crippen molar-refractivity contribution in [2.75, 3.05) is 13.2 Å². The standard InChI is InChI=1S/C21H23N3O5/c1-14-18(3-2-4-19(14)24(27)28)21(26)22-12-11-15-5-9-17(10-6-15)29-13-20(25)23-16-7-8-16/h2-6,9-10,16H,7-8,11-13H2,1H3,(H,22,26)(H,23,25). The molecule has 1 saturated carbocycles. The van der Waals surface area contributed by atoms with Crippen LogP contribution in [0.25, 0.3) is 0 Å². The number of rotatable bonds is 9. The molecule has 0 heterocycles. The third-order valence-corrected chi connectivity index (χ3v) is 4.68. The Balaban J connectivity index is 1.45. The molecule has 8 nitrogen and oxygen atoms in total. The van der Waals surface area contributed by atoms with E-state index in [0.29, 0.717) is 35.9 Å². The van der Waals surface area contributed by atoms with Crippen molar-refractivity contribution < 1.29 is 19.2 Å². The minimum absolute atomic E-state index is 0.00549. The summed E-state index contributed by atoms with van der Waals surface area (Å²) in [5.74, 6) is 0.152. The van der Waals surface area contributed by atoms with Gasteiger partial charge in [-0.3, -0.25) is 19.7 Å². The molecule has 0 bridgehead atoms. The van der Waals surface area contributed by atoms with Gasteiger partial charge in [0.05, 0.1) is 4.92 Å². The van der Waals surface area contributed by atoms with Gasteiger partial charge in [-0.05, 0) is 49.9 Å². The van der Waals surface area contributed by atoms with E-state index in [1.54, 1.807) is 25.1 Å². The second-order valence-electron chi connectivity index (χ2n) is 6.99. The Kier molecular flexibility index (Phi) is 6.43. The zero-order chi connectivity index (χ0) is 20.8. The van der Waals surface area contributed by atoms with Gasteiger partial charge in [-0.2, -0.15) is 0 Å². The smallest absolute Gasteiger partial charge is 0.273 e. The monoisotopic (exact) mass is 397 g/mol. The molecular formula is C21H23N3O5. The molecule has 2 N–H and O–H groups in total. The van der Waals surface area contributed by atoms with E-state index in [4.69, 9.17) is 4.74 Å². The van der Waals surface area contributed by atoms with Crippen LogP contribution in [0.5, 0.6) is 5.75 Å². The third-order valence-electron chi connectivity index (χ3n) is 4.68. The van der Waals surface area contributed by atoms with Gasteiger partial charge >= 0.3 is 0 Å². The number of hydrogen-bond donors (Lipinski definition) is 2. The number of benzene rings is 2. The molecule has 3 rings (SSSR count). The lowest BCUT2D eigenvalue weighted by molar-refractivity contribution is -0.385. The first kappa shape index (κ1) is 20.3. The maximum Gasteiger partial charge on any atom is 0.273 e. The van der Waals surface area contributed by atoms with E-state index in [9.17, 15) is 19.7 Å². The van der Waals surface area contributed by atoms with Gasteiger partial charge in [0, 0.05) is 29.8 Å². The van der Waals surface area contributed by atoms with Crippen LogP contribution in [0.15, 0.2) is 42.5 Å². The number of nitro groups is 1. The summed E-state index contributed by atoms with van der Waals surface area (Å²) in [5, 5.41) is 16.6. The molecule has 0 atom stereocenters.